The highest BCUT2D eigenvalue weighted by Gasteiger charge is 2.22. The van der Waals surface area contributed by atoms with Gasteiger partial charge in [-0.1, -0.05) is 26.0 Å². The molecule has 2 N–H and O–H groups in total. The molecular formula is C16H21NO4S. The van der Waals surface area contributed by atoms with Crippen LogP contribution in [0.3, 0.4) is 0 Å². The van der Waals surface area contributed by atoms with Gasteiger partial charge in [-0.2, -0.15) is 4.72 Å². The van der Waals surface area contributed by atoms with Gasteiger partial charge in [0.15, 0.2) is 0 Å². The summed E-state index contributed by atoms with van der Waals surface area (Å²) >= 11 is 0. The molecule has 0 saturated carbocycles. The summed E-state index contributed by atoms with van der Waals surface area (Å²) in [5, 5.41) is 9.37. The zero-order valence-electron chi connectivity index (χ0n) is 12.7. The van der Waals surface area contributed by atoms with Gasteiger partial charge in [0, 0.05) is 0 Å². The highest BCUT2D eigenvalue weighted by molar-refractivity contribution is 7.89. The Morgan fingerprint density at radius 3 is 2.41 bits per heavy atom. The summed E-state index contributed by atoms with van der Waals surface area (Å²) in [5.74, 6) is 0.764. The molecule has 0 spiro atoms. The van der Waals surface area contributed by atoms with Crippen molar-refractivity contribution < 1.29 is 17.9 Å². The zero-order chi connectivity index (χ0) is 16.2. The average Bonchev–Trinajstić information content (AvgIpc) is 3.06. The minimum atomic E-state index is -3.72. The van der Waals surface area contributed by atoms with E-state index < -0.39 is 16.1 Å². The van der Waals surface area contributed by atoms with Crippen LogP contribution in [-0.4, -0.2) is 20.1 Å². The lowest BCUT2D eigenvalue weighted by atomic mass is 9.99. The number of aliphatic hydroxyl groups is 1. The van der Waals surface area contributed by atoms with Crippen LogP contribution in [0.1, 0.15) is 43.6 Å². The fourth-order valence-corrected chi connectivity index (χ4v) is 3.34. The minimum Gasteiger partial charge on any atom is -0.468 e. The van der Waals surface area contributed by atoms with E-state index >= 15 is 0 Å². The number of hydrogen-bond acceptors (Lipinski definition) is 4. The van der Waals surface area contributed by atoms with E-state index in [1.54, 1.807) is 24.3 Å². The highest BCUT2D eigenvalue weighted by atomic mass is 32.2. The molecule has 2 aromatic rings. The summed E-state index contributed by atoms with van der Waals surface area (Å²) in [4.78, 5) is 0.171. The second-order valence-electron chi connectivity index (χ2n) is 5.25. The van der Waals surface area contributed by atoms with Gasteiger partial charge in [0.25, 0.3) is 0 Å². The summed E-state index contributed by atoms with van der Waals surface area (Å²) < 4.78 is 32.4. The van der Waals surface area contributed by atoms with Crippen LogP contribution in [0.15, 0.2) is 52.0 Å². The van der Waals surface area contributed by atoms with Gasteiger partial charge in [0.05, 0.1) is 17.8 Å². The van der Waals surface area contributed by atoms with Crippen molar-refractivity contribution in [3.8, 4) is 0 Å². The molecule has 0 aliphatic heterocycles. The Morgan fingerprint density at radius 2 is 1.91 bits per heavy atom. The van der Waals surface area contributed by atoms with Crippen molar-refractivity contribution in [3.63, 3.8) is 0 Å². The lowest BCUT2D eigenvalue weighted by molar-refractivity contribution is 0.242. The lowest BCUT2D eigenvalue weighted by Gasteiger charge is -2.15. The van der Waals surface area contributed by atoms with Gasteiger partial charge in [-0.05, 0) is 42.2 Å². The summed E-state index contributed by atoms with van der Waals surface area (Å²) in [5.41, 5.74) is 1.10. The van der Waals surface area contributed by atoms with Crippen LogP contribution >= 0.6 is 0 Å². The van der Waals surface area contributed by atoms with Gasteiger partial charge in [-0.25, -0.2) is 8.42 Å². The molecule has 0 bridgehead atoms. The van der Waals surface area contributed by atoms with Crippen molar-refractivity contribution in [2.24, 2.45) is 0 Å². The Balaban J connectivity index is 2.19. The minimum absolute atomic E-state index is 0.171. The van der Waals surface area contributed by atoms with Crippen LogP contribution < -0.4 is 4.72 Å². The topological polar surface area (TPSA) is 79.5 Å². The predicted molar refractivity (Wildman–Crippen MR) is 84.0 cm³/mol. The van der Waals surface area contributed by atoms with E-state index in [0.29, 0.717) is 11.7 Å². The molecular weight excluding hydrogens is 302 g/mol. The molecule has 120 valence electrons. The quantitative estimate of drug-likeness (QED) is 0.821. The lowest BCUT2D eigenvalue weighted by Crippen LogP contribution is -2.30. The number of nitrogens with one attached hydrogen (secondary N) is 1. The average molecular weight is 323 g/mol. The van der Waals surface area contributed by atoms with Gasteiger partial charge in [-0.3, -0.25) is 0 Å². The van der Waals surface area contributed by atoms with E-state index in [9.17, 15) is 13.5 Å². The number of hydrogen-bond donors (Lipinski definition) is 2. The number of sulfonamides is 1. The SMILES string of the molecule is CCC(C)c1ccc(S(=O)(=O)NC(CO)c2ccco2)cc1. The maximum absolute atomic E-state index is 12.4. The summed E-state index contributed by atoms with van der Waals surface area (Å²) in [6, 6.07) is 9.28. The van der Waals surface area contributed by atoms with Crippen molar-refractivity contribution in [3.05, 3.63) is 54.0 Å². The van der Waals surface area contributed by atoms with Crippen LogP contribution in [0.2, 0.25) is 0 Å². The van der Waals surface area contributed by atoms with Gasteiger partial charge in [0.2, 0.25) is 10.0 Å². The molecule has 22 heavy (non-hydrogen) atoms. The van der Waals surface area contributed by atoms with Gasteiger partial charge in [-0.15, -0.1) is 0 Å². The van der Waals surface area contributed by atoms with E-state index in [4.69, 9.17) is 4.42 Å². The molecule has 1 heterocycles. The third-order valence-electron chi connectivity index (χ3n) is 3.74. The van der Waals surface area contributed by atoms with E-state index in [-0.39, 0.29) is 11.5 Å². The van der Waals surface area contributed by atoms with Crippen LogP contribution in [0.5, 0.6) is 0 Å². The molecule has 0 aliphatic rings. The van der Waals surface area contributed by atoms with E-state index in [2.05, 4.69) is 18.6 Å². The Bertz CT molecular complexity index is 677. The Labute approximate surface area is 131 Å². The Morgan fingerprint density at radius 1 is 1.23 bits per heavy atom. The summed E-state index contributed by atoms with van der Waals surface area (Å²) in [7, 11) is -3.72. The first kappa shape index (κ1) is 16.7. The second kappa shape index (κ2) is 7.09. The van der Waals surface area contributed by atoms with Crippen molar-refractivity contribution in [1.82, 2.24) is 4.72 Å². The zero-order valence-corrected chi connectivity index (χ0v) is 13.5. The normalized spacial score (nSPS) is 14.7. The second-order valence-corrected chi connectivity index (χ2v) is 6.96. The maximum Gasteiger partial charge on any atom is 0.241 e. The monoisotopic (exact) mass is 323 g/mol. The first-order chi connectivity index (χ1) is 10.5. The van der Waals surface area contributed by atoms with Gasteiger partial charge in [0.1, 0.15) is 11.8 Å². The van der Waals surface area contributed by atoms with Gasteiger partial charge < -0.3 is 9.52 Å². The third kappa shape index (κ3) is 3.76. The third-order valence-corrected chi connectivity index (χ3v) is 5.23. The molecule has 6 heteroatoms. The van der Waals surface area contributed by atoms with Crippen LogP contribution in [0, 0.1) is 0 Å². The molecule has 1 aromatic heterocycles. The highest BCUT2D eigenvalue weighted by Crippen LogP contribution is 2.22. The molecule has 0 amide bonds. The number of benzene rings is 1. The van der Waals surface area contributed by atoms with Crippen molar-refractivity contribution in [1.29, 1.82) is 0 Å². The summed E-state index contributed by atoms with van der Waals surface area (Å²) in [6.45, 7) is 3.81. The number of rotatable bonds is 7. The molecule has 1 aromatic carbocycles. The van der Waals surface area contributed by atoms with E-state index in [1.807, 2.05) is 12.1 Å². The standard InChI is InChI=1S/C16H21NO4S/c1-3-12(2)13-6-8-14(9-7-13)22(19,20)17-15(11-18)16-5-4-10-21-16/h4-10,12,15,17-18H,3,11H2,1-2H3. The largest absolute Gasteiger partial charge is 0.468 e. The fourth-order valence-electron chi connectivity index (χ4n) is 2.14. The first-order valence-electron chi connectivity index (χ1n) is 7.24. The molecule has 2 atom stereocenters. The smallest absolute Gasteiger partial charge is 0.241 e. The predicted octanol–water partition coefficient (Wildman–Crippen LogP) is 2.81. The Hall–Kier alpha value is -1.63. The van der Waals surface area contributed by atoms with Crippen LogP contribution in [0.25, 0.3) is 0 Å². The molecule has 5 nitrogen and oxygen atoms in total. The Kier molecular flexibility index (Phi) is 5.39. The maximum atomic E-state index is 12.4. The number of aliphatic hydroxyl groups excluding tert-OH is 1. The first-order valence-corrected chi connectivity index (χ1v) is 8.72. The van der Waals surface area contributed by atoms with Crippen molar-refractivity contribution in [2.45, 2.75) is 37.1 Å². The molecule has 0 fully saturated rings. The van der Waals surface area contributed by atoms with Crippen molar-refractivity contribution in [2.75, 3.05) is 6.61 Å². The molecule has 0 aliphatic carbocycles. The molecule has 0 saturated heterocycles. The van der Waals surface area contributed by atoms with E-state index in [1.165, 1.54) is 6.26 Å². The fraction of sp³-hybridized carbons (Fsp3) is 0.375. The molecule has 0 radical (unpaired) electrons. The van der Waals surface area contributed by atoms with E-state index in [0.717, 1.165) is 12.0 Å². The van der Waals surface area contributed by atoms with Crippen LogP contribution in [-0.2, 0) is 10.0 Å². The molecule has 2 unspecified atom stereocenters. The van der Waals surface area contributed by atoms with Crippen molar-refractivity contribution >= 4 is 10.0 Å². The summed E-state index contributed by atoms with van der Waals surface area (Å²) in [6.07, 6.45) is 2.43. The molecule has 2 rings (SSSR count). The van der Waals surface area contributed by atoms with Crippen LogP contribution in [0.4, 0.5) is 0 Å². The van der Waals surface area contributed by atoms with Gasteiger partial charge >= 0.3 is 0 Å². The number of furan rings is 1.